The molecule has 2 amide bonds. The fourth-order valence-corrected chi connectivity index (χ4v) is 3.89. The summed E-state index contributed by atoms with van der Waals surface area (Å²) in [5, 5.41) is 3.08. The molecule has 0 fully saturated rings. The summed E-state index contributed by atoms with van der Waals surface area (Å²) >= 11 is 0. The van der Waals surface area contributed by atoms with Gasteiger partial charge in [0.05, 0.1) is 12.2 Å². The van der Waals surface area contributed by atoms with Crippen LogP contribution in [-0.2, 0) is 6.54 Å². The largest absolute Gasteiger partial charge is 0.338 e. The van der Waals surface area contributed by atoms with Gasteiger partial charge >= 0.3 is 6.03 Å². The second-order valence-electron chi connectivity index (χ2n) is 7.05. The molecule has 4 heteroatoms. The minimum absolute atomic E-state index is 0.0189. The van der Waals surface area contributed by atoms with Crippen molar-refractivity contribution >= 4 is 6.03 Å². The van der Waals surface area contributed by atoms with Crippen LogP contribution in [0.2, 0.25) is 0 Å². The lowest BCUT2D eigenvalue weighted by atomic mass is 9.97. The van der Waals surface area contributed by atoms with Crippen molar-refractivity contribution in [3.63, 3.8) is 0 Å². The Kier molecular flexibility index (Phi) is 4.71. The maximum Gasteiger partial charge on any atom is 0.318 e. The number of fused-ring (bicyclic) bond motifs is 3. The standard InChI is InChI=1S/C23H25N3O/c1-3-14-24-23(27)26-16-18-10-5-7-12-20(18)25-15-8-13-21(25)22(26)19-11-6-4-9-17(19)2/h4-13,15,22H,3,14,16H2,1-2H3,(H,24,27). The molecule has 0 radical (unpaired) electrons. The minimum Gasteiger partial charge on any atom is -0.338 e. The van der Waals surface area contributed by atoms with Crippen molar-refractivity contribution in [1.82, 2.24) is 14.8 Å². The molecule has 1 N–H and O–H groups in total. The Balaban J connectivity index is 1.90. The van der Waals surface area contributed by atoms with E-state index in [1.807, 2.05) is 17.0 Å². The minimum atomic E-state index is -0.134. The van der Waals surface area contributed by atoms with Gasteiger partial charge in [-0.1, -0.05) is 49.4 Å². The van der Waals surface area contributed by atoms with Crippen LogP contribution < -0.4 is 5.32 Å². The number of para-hydroxylation sites is 1. The molecule has 138 valence electrons. The summed E-state index contributed by atoms with van der Waals surface area (Å²) in [6.07, 6.45) is 3.01. The third-order valence-electron chi connectivity index (χ3n) is 5.23. The summed E-state index contributed by atoms with van der Waals surface area (Å²) in [5.41, 5.74) is 5.76. The molecule has 1 atom stereocenters. The van der Waals surface area contributed by atoms with Gasteiger partial charge in [0.2, 0.25) is 0 Å². The van der Waals surface area contributed by atoms with Crippen molar-refractivity contribution in [2.24, 2.45) is 0 Å². The van der Waals surface area contributed by atoms with E-state index in [1.54, 1.807) is 0 Å². The van der Waals surface area contributed by atoms with Crippen LogP contribution >= 0.6 is 0 Å². The first-order chi connectivity index (χ1) is 13.2. The fraction of sp³-hybridized carbons (Fsp3) is 0.261. The number of amides is 2. The van der Waals surface area contributed by atoms with Crippen molar-refractivity contribution in [3.8, 4) is 5.69 Å². The highest BCUT2D eigenvalue weighted by atomic mass is 16.2. The van der Waals surface area contributed by atoms with Crippen LogP contribution in [0.4, 0.5) is 4.79 Å². The molecule has 0 bridgehead atoms. The number of benzene rings is 2. The smallest absolute Gasteiger partial charge is 0.318 e. The molecular weight excluding hydrogens is 334 g/mol. The first kappa shape index (κ1) is 17.4. The summed E-state index contributed by atoms with van der Waals surface area (Å²) < 4.78 is 2.22. The van der Waals surface area contributed by atoms with Crippen LogP contribution in [0.1, 0.15) is 41.8 Å². The lowest BCUT2D eigenvalue weighted by Gasteiger charge is -2.31. The average molecular weight is 359 g/mol. The van der Waals surface area contributed by atoms with Gasteiger partial charge in [-0.3, -0.25) is 0 Å². The van der Waals surface area contributed by atoms with E-state index in [0.717, 1.165) is 28.9 Å². The van der Waals surface area contributed by atoms with Gasteiger partial charge in [-0.05, 0) is 48.2 Å². The first-order valence-electron chi connectivity index (χ1n) is 9.56. The van der Waals surface area contributed by atoms with Crippen molar-refractivity contribution in [2.75, 3.05) is 6.54 Å². The normalized spacial score (nSPS) is 15.6. The van der Waals surface area contributed by atoms with E-state index in [0.29, 0.717) is 13.1 Å². The monoisotopic (exact) mass is 359 g/mol. The Morgan fingerprint density at radius 3 is 2.67 bits per heavy atom. The summed E-state index contributed by atoms with van der Waals surface area (Å²) in [6, 6.07) is 20.7. The van der Waals surface area contributed by atoms with Crippen molar-refractivity contribution in [1.29, 1.82) is 0 Å². The highest BCUT2D eigenvalue weighted by Gasteiger charge is 2.33. The summed E-state index contributed by atoms with van der Waals surface area (Å²) in [7, 11) is 0. The predicted octanol–water partition coefficient (Wildman–Crippen LogP) is 4.81. The molecule has 0 aliphatic carbocycles. The van der Waals surface area contributed by atoms with E-state index in [4.69, 9.17) is 0 Å². The number of aryl methyl sites for hydroxylation is 1. The zero-order valence-corrected chi connectivity index (χ0v) is 15.9. The van der Waals surface area contributed by atoms with Crippen LogP contribution in [0.25, 0.3) is 5.69 Å². The highest BCUT2D eigenvalue weighted by molar-refractivity contribution is 5.76. The van der Waals surface area contributed by atoms with Gasteiger partial charge in [-0.25, -0.2) is 4.79 Å². The topological polar surface area (TPSA) is 37.3 Å². The predicted molar refractivity (Wildman–Crippen MR) is 108 cm³/mol. The molecule has 1 aliphatic rings. The Labute approximate surface area is 160 Å². The molecule has 0 saturated carbocycles. The number of carbonyl (C=O) groups excluding carboxylic acids is 1. The Bertz CT molecular complexity index is 960. The van der Waals surface area contributed by atoms with Gasteiger partial charge in [-0.15, -0.1) is 0 Å². The molecule has 4 nitrogen and oxygen atoms in total. The number of hydrogen-bond donors (Lipinski definition) is 1. The van der Waals surface area contributed by atoms with Crippen molar-refractivity contribution in [3.05, 3.63) is 89.2 Å². The van der Waals surface area contributed by atoms with Crippen LogP contribution in [0.3, 0.4) is 0 Å². The number of rotatable bonds is 3. The lowest BCUT2D eigenvalue weighted by molar-refractivity contribution is 0.180. The molecule has 0 saturated heterocycles. The number of hydrogen-bond acceptors (Lipinski definition) is 1. The van der Waals surface area contributed by atoms with Gasteiger partial charge in [0.1, 0.15) is 6.04 Å². The molecule has 2 aromatic carbocycles. The number of aromatic nitrogens is 1. The lowest BCUT2D eigenvalue weighted by Crippen LogP contribution is -2.42. The maximum atomic E-state index is 13.2. The second kappa shape index (κ2) is 7.31. The van der Waals surface area contributed by atoms with Gasteiger partial charge in [0.25, 0.3) is 0 Å². The SMILES string of the molecule is CCCNC(=O)N1Cc2ccccc2-n2cccc2C1c1ccccc1C. The molecule has 2 heterocycles. The second-order valence-corrected chi connectivity index (χ2v) is 7.05. The van der Waals surface area contributed by atoms with Crippen LogP contribution in [0.5, 0.6) is 0 Å². The summed E-state index contributed by atoms with van der Waals surface area (Å²) in [4.78, 5) is 15.1. The number of nitrogens with one attached hydrogen (secondary N) is 1. The maximum absolute atomic E-state index is 13.2. The summed E-state index contributed by atoms with van der Waals surface area (Å²) in [6.45, 7) is 5.44. The molecule has 4 rings (SSSR count). The van der Waals surface area contributed by atoms with E-state index in [-0.39, 0.29) is 12.1 Å². The molecule has 0 spiro atoms. The quantitative estimate of drug-likeness (QED) is 0.716. The molecule has 27 heavy (non-hydrogen) atoms. The van der Waals surface area contributed by atoms with Crippen LogP contribution in [0.15, 0.2) is 66.9 Å². The van der Waals surface area contributed by atoms with E-state index in [1.165, 1.54) is 5.56 Å². The van der Waals surface area contributed by atoms with Crippen LogP contribution in [0, 0.1) is 6.92 Å². The highest BCUT2D eigenvalue weighted by Crippen LogP contribution is 2.37. The zero-order valence-electron chi connectivity index (χ0n) is 15.9. The fourth-order valence-electron chi connectivity index (χ4n) is 3.89. The average Bonchev–Trinajstić information content (AvgIpc) is 3.11. The summed E-state index contributed by atoms with van der Waals surface area (Å²) in [5.74, 6) is 0. The molecular formula is C23H25N3O. The third kappa shape index (κ3) is 3.12. The van der Waals surface area contributed by atoms with Crippen LogP contribution in [-0.4, -0.2) is 22.0 Å². The van der Waals surface area contributed by atoms with Gasteiger partial charge in [0, 0.05) is 18.4 Å². The molecule has 1 unspecified atom stereocenters. The molecule has 1 aromatic heterocycles. The van der Waals surface area contributed by atoms with Gasteiger partial charge < -0.3 is 14.8 Å². The van der Waals surface area contributed by atoms with Crippen molar-refractivity contribution < 1.29 is 4.79 Å². The number of carbonyl (C=O) groups is 1. The molecule has 1 aliphatic heterocycles. The third-order valence-corrected chi connectivity index (χ3v) is 5.23. The van der Waals surface area contributed by atoms with Gasteiger partial charge in [0.15, 0.2) is 0 Å². The van der Waals surface area contributed by atoms with Gasteiger partial charge in [-0.2, -0.15) is 0 Å². The number of nitrogens with zero attached hydrogens (tertiary/aromatic N) is 2. The number of urea groups is 1. The molecule has 3 aromatic rings. The van der Waals surface area contributed by atoms with E-state index >= 15 is 0 Å². The Morgan fingerprint density at radius 2 is 1.85 bits per heavy atom. The first-order valence-corrected chi connectivity index (χ1v) is 9.56. The zero-order chi connectivity index (χ0) is 18.8. The van der Waals surface area contributed by atoms with E-state index < -0.39 is 0 Å². The Hall–Kier alpha value is -3.01. The van der Waals surface area contributed by atoms with E-state index in [2.05, 4.69) is 78.5 Å². The van der Waals surface area contributed by atoms with Crippen molar-refractivity contribution in [2.45, 2.75) is 32.9 Å². The van der Waals surface area contributed by atoms with E-state index in [9.17, 15) is 4.79 Å². The Morgan fingerprint density at radius 1 is 1.07 bits per heavy atom.